The van der Waals surface area contributed by atoms with Crippen molar-refractivity contribution >= 4 is 27.7 Å². The van der Waals surface area contributed by atoms with Gasteiger partial charge in [0.05, 0.1) is 12.1 Å². The first kappa shape index (κ1) is 21.4. The summed E-state index contributed by atoms with van der Waals surface area (Å²) < 4.78 is 49.2. The lowest BCUT2D eigenvalue weighted by Crippen LogP contribution is -2.33. The van der Waals surface area contributed by atoms with Gasteiger partial charge in [0.1, 0.15) is 11.4 Å². The van der Waals surface area contributed by atoms with Gasteiger partial charge in [0.25, 0.3) is 18.6 Å². The molecular weight excluding hydrogens is 435 g/mol. The minimum atomic E-state index is -3.27. The first-order chi connectivity index (χ1) is 16.0. The minimum Gasteiger partial charge on any atom is -0.380 e. The second-order valence-electron chi connectivity index (χ2n) is 8.02. The number of halogens is 3. The number of hydrogen-bond acceptors (Lipinski definition) is 4. The topological polar surface area (TPSA) is 65.2 Å². The number of aromatic nitrogens is 4. The van der Waals surface area contributed by atoms with E-state index in [0.29, 0.717) is 54.0 Å². The Balaban J connectivity index is 1.66. The number of para-hydroxylation sites is 1. The van der Waals surface area contributed by atoms with E-state index in [0.717, 1.165) is 10.9 Å². The zero-order valence-corrected chi connectivity index (χ0v) is 17.9. The zero-order chi connectivity index (χ0) is 23.1. The molecule has 1 unspecified atom stereocenters. The van der Waals surface area contributed by atoms with Crippen molar-refractivity contribution in [3.8, 4) is 11.3 Å². The van der Waals surface area contributed by atoms with Crippen molar-refractivity contribution in [2.24, 2.45) is 7.05 Å². The van der Waals surface area contributed by atoms with Gasteiger partial charge in [0.15, 0.2) is 0 Å². The van der Waals surface area contributed by atoms with Crippen molar-refractivity contribution in [3.05, 3.63) is 48.4 Å². The molecule has 1 aliphatic heterocycles. The summed E-state index contributed by atoms with van der Waals surface area (Å²) in [4.78, 5) is 18.9. The summed E-state index contributed by atoms with van der Waals surface area (Å²) in [5.74, 6) is -0.352. The van der Waals surface area contributed by atoms with Crippen molar-refractivity contribution in [2.75, 3.05) is 26.3 Å². The van der Waals surface area contributed by atoms with Gasteiger partial charge in [0, 0.05) is 61.0 Å². The third-order valence-electron chi connectivity index (χ3n) is 5.91. The molecule has 1 fully saturated rings. The van der Waals surface area contributed by atoms with E-state index in [1.54, 1.807) is 4.90 Å². The molecule has 1 atom stereocenters. The van der Waals surface area contributed by atoms with Crippen molar-refractivity contribution in [1.82, 2.24) is 24.2 Å². The third-order valence-corrected chi connectivity index (χ3v) is 5.91. The third kappa shape index (κ3) is 3.74. The fourth-order valence-corrected chi connectivity index (χ4v) is 4.28. The highest BCUT2D eigenvalue weighted by Crippen LogP contribution is 2.36. The standard InChI is InChI=1S/C23H22F3N5O2/c1-29-13-16(14-5-2-3-6-18(14)29)20-15-12-27-17(23(32)30-7-4-9-33-10-8-30)11-19(15)31(28-20)22(26)21(24)25/h2-3,5-6,11-13,21-22H,4,7-10H2,1H3. The number of aryl methyl sites for hydroxylation is 1. The van der Waals surface area contributed by atoms with Crippen LogP contribution in [-0.2, 0) is 11.8 Å². The molecule has 1 aliphatic rings. The molecule has 5 rings (SSSR count). The van der Waals surface area contributed by atoms with Crippen molar-refractivity contribution in [1.29, 1.82) is 0 Å². The largest absolute Gasteiger partial charge is 0.380 e. The fourth-order valence-electron chi connectivity index (χ4n) is 4.28. The van der Waals surface area contributed by atoms with Crippen LogP contribution >= 0.6 is 0 Å². The van der Waals surface area contributed by atoms with Gasteiger partial charge in [-0.25, -0.2) is 17.9 Å². The molecule has 4 aromatic rings. The number of hydrogen-bond donors (Lipinski definition) is 0. The van der Waals surface area contributed by atoms with E-state index in [2.05, 4.69) is 10.1 Å². The van der Waals surface area contributed by atoms with E-state index in [-0.39, 0.29) is 17.1 Å². The van der Waals surface area contributed by atoms with E-state index in [1.807, 2.05) is 42.1 Å². The number of ether oxygens (including phenoxy) is 1. The van der Waals surface area contributed by atoms with Crippen molar-refractivity contribution < 1.29 is 22.7 Å². The van der Waals surface area contributed by atoms with Crippen LogP contribution in [0.1, 0.15) is 23.2 Å². The number of nitrogens with zero attached hydrogens (tertiary/aromatic N) is 5. The fraction of sp³-hybridized carbons (Fsp3) is 0.348. The molecule has 1 saturated heterocycles. The molecule has 1 amide bonds. The molecular formula is C23H22F3N5O2. The van der Waals surface area contributed by atoms with E-state index in [1.165, 1.54) is 12.3 Å². The molecule has 0 radical (unpaired) electrons. The van der Waals surface area contributed by atoms with Gasteiger partial charge in [-0.1, -0.05) is 18.2 Å². The molecule has 7 nitrogen and oxygen atoms in total. The lowest BCUT2D eigenvalue weighted by atomic mass is 10.1. The summed E-state index contributed by atoms with van der Waals surface area (Å²) in [7, 11) is 1.86. The minimum absolute atomic E-state index is 0.0523. The SMILES string of the molecule is Cn1cc(-c2nn(C(F)C(F)F)c3cc(C(=O)N4CCCOCC4)ncc23)c2ccccc21. The summed E-state index contributed by atoms with van der Waals surface area (Å²) in [6.07, 6.45) is -2.01. The molecule has 0 spiro atoms. The van der Waals surface area contributed by atoms with Crippen LogP contribution < -0.4 is 0 Å². The van der Waals surface area contributed by atoms with Crippen molar-refractivity contribution in [3.63, 3.8) is 0 Å². The van der Waals surface area contributed by atoms with E-state index in [9.17, 15) is 18.0 Å². The second kappa shape index (κ2) is 8.51. The van der Waals surface area contributed by atoms with Crippen LogP contribution in [0.25, 0.3) is 33.1 Å². The van der Waals surface area contributed by atoms with Gasteiger partial charge in [-0.3, -0.25) is 9.78 Å². The number of alkyl halides is 3. The number of rotatable bonds is 4. The van der Waals surface area contributed by atoms with Crippen LogP contribution in [0, 0.1) is 0 Å². The Morgan fingerprint density at radius 3 is 2.73 bits per heavy atom. The molecule has 0 saturated carbocycles. The Bertz CT molecular complexity index is 1320. The Morgan fingerprint density at radius 2 is 1.91 bits per heavy atom. The Labute approximate surface area is 187 Å². The van der Waals surface area contributed by atoms with Crippen molar-refractivity contribution in [2.45, 2.75) is 19.1 Å². The maximum absolute atomic E-state index is 14.6. The summed E-state index contributed by atoms with van der Waals surface area (Å²) in [5, 5.41) is 5.48. The van der Waals surface area contributed by atoms with Gasteiger partial charge in [-0.2, -0.15) is 5.10 Å². The molecule has 4 heterocycles. The Morgan fingerprint density at radius 1 is 1.09 bits per heavy atom. The van der Waals surface area contributed by atoms with Crippen LogP contribution in [-0.4, -0.2) is 62.9 Å². The average Bonchev–Trinajstić information content (AvgIpc) is 3.22. The molecule has 0 aliphatic carbocycles. The first-order valence-electron chi connectivity index (χ1n) is 10.7. The highest BCUT2D eigenvalue weighted by molar-refractivity contribution is 6.04. The van der Waals surface area contributed by atoms with Crippen LogP contribution in [0.15, 0.2) is 42.7 Å². The molecule has 33 heavy (non-hydrogen) atoms. The van der Waals surface area contributed by atoms with Crippen LogP contribution in [0.3, 0.4) is 0 Å². The summed E-state index contributed by atoms with van der Waals surface area (Å²) >= 11 is 0. The van der Waals surface area contributed by atoms with Crippen LogP contribution in [0.5, 0.6) is 0 Å². The first-order valence-corrected chi connectivity index (χ1v) is 10.7. The number of carbonyl (C=O) groups is 1. The molecule has 0 bridgehead atoms. The van der Waals surface area contributed by atoms with Gasteiger partial charge >= 0.3 is 0 Å². The predicted molar refractivity (Wildman–Crippen MR) is 117 cm³/mol. The lowest BCUT2D eigenvalue weighted by Gasteiger charge is -2.19. The molecule has 172 valence electrons. The van der Waals surface area contributed by atoms with Crippen LogP contribution in [0.4, 0.5) is 13.2 Å². The highest BCUT2D eigenvalue weighted by atomic mass is 19.3. The summed E-state index contributed by atoms with van der Waals surface area (Å²) in [6, 6.07) is 8.92. The van der Waals surface area contributed by atoms with E-state index in [4.69, 9.17) is 4.74 Å². The zero-order valence-electron chi connectivity index (χ0n) is 17.9. The lowest BCUT2D eigenvalue weighted by molar-refractivity contribution is 0.00357. The number of pyridine rings is 1. The Hall–Kier alpha value is -3.40. The normalized spacial score (nSPS) is 16.0. The van der Waals surface area contributed by atoms with Crippen LogP contribution in [0.2, 0.25) is 0 Å². The molecule has 1 aromatic carbocycles. The Kier molecular flexibility index (Phi) is 5.53. The van der Waals surface area contributed by atoms with Gasteiger partial charge in [-0.05, 0) is 18.6 Å². The molecule has 3 aromatic heterocycles. The maximum atomic E-state index is 14.6. The maximum Gasteiger partial charge on any atom is 0.289 e. The smallest absolute Gasteiger partial charge is 0.289 e. The second-order valence-corrected chi connectivity index (χ2v) is 8.02. The van der Waals surface area contributed by atoms with Gasteiger partial charge in [-0.15, -0.1) is 0 Å². The van der Waals surface area contributed by atoms with Gasteiger partial charge < -0.3 is 14.2 Å². The number of fused-ring (bicyclic) bond motifs is 2. The number of carbonyl (C=O) groups excluding carboxylic acids is 1. The predicted octanol–water partition coefficient (Wildman–Crippen LogP) is 4.19. The average molecular weight is 457 g/mol. The van der Waals surface area contributed by atoms with E-state index < -0.39 is 12.7 Å². The monoisotopic (exact) mass is 457 g/mol. The van der Waals surface area contributed by atoms with E-state index >= 15 is 0 Å². The molecule has 0 N–H and O–H groups in total. The number of amides is 1. The van der Waals surface area contributed by atoms with Gasteiger partial charge in [0.2, 0.25) is 0 Å². The summed E-state index contributed by atoms with van der Waals surface area (Å²) in [5.41, 5.74) is 2.07. The summed E-state index contributed by atoms with van der Waals surface area (Å²) in [6.45, 7) is 1.88. The number of benzene rings is 1. The highest BCUT2D eigenvalue weighted by Gasteiger charge is 2.28. The molecule has 10 heteroatoms. The quantitative estimate of drug-likeness (QED) is 0.461.